The highest BCUT2D eigenvalue weighted by atomic mass is 127. The van der Waals surface area contributed by atoms with Crippen LogP contribution in [0.1, 0.15) is 22.3 Å². The molecule has 0 saturated heterocycles. The fourth-order valence-electron chi connectivity index (χ4n) is 1.39. The molecule has 13 heavy (non-hydrogen) atoms. The van der Waals surface area contributed by atoms with Gasteiger partial charge >= 0.3 is 0 Å². The first-order valence-electron chi connectivity index (χ1n) is 4.16. The topological polar surface area (TPSA) is 17.1 Å². The Bertz CT molecular complexity index is 349. The standard InChI is InChI=1S/C10H9IOS/c11-6-7-1-2-10-8(5-7)9(12)3-4-13-10/h1-2,5H,3-4,6H2. The number of carbonyl (C=O) groups is 1. The van der Waals surface area contributed by atoms with Gasteiger partial charge in [-0.25, -0.2) is 0 Å². The molecule has 0 radical (unpaired) electrons. The fourth-order valence-corrected chi connectivity index (χ4v) is 2.87. The molecule has 1 aromatic rings. The van der Waals surface area contributed by atoms with E-state index in [0.29, 0.717) is 12.2 Å². The summed E-state index contributed by atoms with van der Waals surface area (Å²) in [6, 6.07) is 6.22. The smallest absolute Gasteiger partial charge is 0.164 e. The summed E-state index contributed by atoms with van der Waals surface area (Å²) in [5, 5.41) is 0. The van der Waals surface area contributed by atoms with Crippen LogP contribution in [-0.2, 0) is 4.43 Å². The van der Waals surface area contributed by atoms with Crippen molar-refractivity contribution < 1.29 is 4.79 Å². The molecule has 1 heterocycles. The highest BCUT2D eigenvalue weighted by molar-refractivity contribution is 14.1. The quantitative estimate of drug-likeness (QED) is 0.585. The lowest BCUT2D eigenvalue weighted by Crippen LogP contribution is -2.08. The Morgan fingerprint density at radius 2 is 2.31 bits per heavy atom. The van der Waals surface area contributed by atoms with Crippen molar-refractivity contribution in [1.82, 2.24) is 0 Å². The van der Waals surface area contributed by atoms with Crippen LogP contribution in [0.4, 0.5) is 0 Å². The van der Waals surface area contributed by atoms with E-state index in [2.05, 4.69) is 34.7 Å². The zero-order chi connectivity index (χ0) is 9.26. The molecule has 1 aliphatic rings. The maximum absolute atomic E-state index is 11.5. The van der Waals surface area contributed by atoms with Crippen molar-refractivity contribution in [3.05, 3.63) is 29.3 Å². The van der Waals surface area contributed by atoms with E-state index in [1.54, 1.807) is 11.8 Å². The molecule has 1 nitrogen and oxygen atoms in total. The summed E-state index contributed by atoms with van der Waals surface area (Å²) in [5.74, 6) is 1.25. The number of hydrogen-bond acceptors (Lipinski definition) is 2. The highest BCUT2D eigenvalue weighted by Crippen LogP contribution is 2.30. The SMILES string of the molecule is O=C1CCSc2ccc(CI)cc21. The van der Waals surface area contributed by atoms with E-state index in [1.165, 1.54) is 5.56 Å². The Hall–Kier alpha value is -0.0300. The zero-order valence-electron chi connectivity index (χ0n) is 7.05. The Balaban J connectivity index is 2.47. The Kier molecular flexibility index (Phi) is 2.93. The van der Waals surface area contributed by atoms with Gasteiger partial charge in [-0.1, -0.05) is 28.7 Å². The molecule has 0 atom stereocenters. The molecule has 0 fully saturated rings. The predicted molar refractivity (Wildman–Crippen MR) is 63.8 cm³/mol. The fraction of sp³-hybridized carbons (Fsp3) is 0.300. The number of fused-ring (bicyclic) bond motifs is 1. The third-order valence-corrected chi connectivity index (χ3v) is 4.04. The number of ketones is 1. The summed E-state index contributed by atoms with van der Waals surface area (Å²) in [6.07, 6.45) is 0.697. The third-order valence-electron chi connectivity index (χ3n) is 2.09. The van der Waals surface area contributed by atoms with Gasteiger partial charge in [0.1, 0.15) is 0 Å². The minimum absolute atomic E-state index is 0.306. The van der Waals surface area contributed by atoms with Gasteiger partial charge in [-0.3, -0.25) is 4.79 Å². The number of halogens is 1. The van der Waals surface area contributed by atoms with Gasteiger partial charge in [-0.15, -0.1) is 11.8 Å². The van der Waals surface area contributed by atoms with E-state index >= 15 is 0 Å². The van der Waals surface area contributed by atoms with E-state index < -0.39 is 0 Å². The number of carbonyl (C=O) groups excluding carboxylic acids is 1. The summed E-state index contributed by atoms with van der Waals surface area (Å²) < 4.78 is 0.975. The first-order valence-corrected chi connectivity index (χ1v) is 6.67. The lowest BCUT2D eigenvalue weighted by molar-refractivity contribution is 0.0984. The van der Waals surface area contributed by atoms with Crippen LogP contribution < -0.4 is 0 Å². The van der Waals surface area contributed by atoms with E-state index in [-0.39, 0.29) is 0 Å². The van der Waals surface area contributed by atoms with E-state index in [0.717, 1.165) is 20.6 Å². The summed E-state index contributed by atoms with van der Waals surface area (Å²) in [5.41, 5.74) is 2.18. The number of thioether (sulfide) groups is 1. The van der Waals surface area contributed by atoms with Crippen LogP contribution in [0.5, 0.6) is 0 Å². The predicted octanol–water partition coefficient (Wildman–Crippen LogP) is 3.30. The summed E-state index contributed by atoms with van der Waals surface area (Å²) in [4.78, 5) is 12.7. The maximum Gasteiger partial charge on any atom is 0.164 e. The van der Waals surface area contributed by atoms with Gasteiger partial charge in [0.2, 0.25) is 0 Å². The monoisotopic (exact) mass is 304 g/mol. The zero-order valence-corrected chi connectivity index (χ0v) is 10.0. The lowest BCUT2D eigenvalue weighted by atomic mass is 10.1. The van der Waals surface area contributed by atoms with Crippen LogP contribution >= 0.6 is 34.4 Å². The van der Waals surface area contributed by atoms with Crippen LogP contribution in [0.25, 0.3) is 0 Å². The van der Waals surface area contributed by atoms with Crippen LogP contribution in [0.2, 0.25) is 0 Å². The molecule has 2 rings (SSSR count). The Morgan fingerprint density at radius 3 is 3.08 bits per heavy atom. The summed E-state index contributed by atoms with van der Waals surface area (Å²) in [7, 11) is 0. The number of benzene rings is 1. The average molecular weight is 304 g/mol. The van der Waals surface area contributed by atoms with Crippen molar-refractivity contribution in [3.63, 3.8) is 0 Å². The molecule has 0 spiro atoms. The van der Waals surface area contributed by atoms with Crippen molar-refractivity contribution in [3.8, 4) is 0 Å². The Morgan fingerprint density at radius 1 is 1.46 bits per heavy atom. The largest absolute Gasteiger partial charge is 0.294 e. The number of alkyl halides is 1. The highest BCUT2D eigenvalue weighted by Gasteiger charge is 2.17. The molecule has 1 aliphatic heterocycles. The molecule has 0 unspecified atom stereocenters. The third kappa shape index (κ3) is 1.91. The second-order valence-corrected chi connectivity index (χ2v) is 4.89. The molecule has 0 amide bonds. The lowest BCUT2D eigenvalue weighted by Gasteiger charge is -2.14. The van der Waals surface area contributed by atoms with Crippen molar-refractivity contribution >= 4 is 40.1 Å². The molecule has 1 aromatic carbocycles. The van der Waals surface area contributed by atoms with Crippen molar-refractivity contribution in [2.75, 3.05) is 5.75 Å². The van der Waals surface area contributed by atoms with Gasteiger partial charge in [0.15, 0.2) is 5.78 Å². The van der Waals surface area contributed by atoms with Crippen molar-refractivity contribution in [2.45, 2.75) is 15.7 Å². The molecular weight excluding hydrogens is 295 g/mol. The van der Waals surface area contributed by atoms with Gasteiger partial charge < -0.3 is 0 Å². The maximum atomic E-state index is 11.5. The van der Waals surface area contributed by atoms with Crippen LogP contribution in [0, 0.1) is 0 Å². The van der Waals surface area contributed by atoms with Gasteiger partial charge in [-0.2, -0.15) is 0 Å². The molecule has 0 aromatic heterocycles. The van der Waals surface area contributed by atoms with E-state index in [9.17, 15) is 4.79 Å². The number of Topliss-reactive ketones (excluding diaryl/α,β-unsaturated/α-hetero) is 1. The summed E-state index contributed by atoms with van der Waals surface area (Å²) in [6.45, 7) is 0. The molecule has 0 aliphatic carbocycles. The number of hydrogen-bond donors (Lipinski definition) is 0. The van der Waals surface area contributed by atoms with Crippen molar-refractivity contribution in [2.24, 2.45) is 0 Å². The first-order chi connectivity index (χ1) is 6.31. The van der Waals surface area contributed by atoms with Crippen LogP contribution in [-0.4, -0.2) is 11.5 Å². The van der Waals surface area contributed by atoms with E-state index in [4.69, 9.17) is 0 Å². The summed E-state index contributed by atoms with van der Waals surface area (Å²) >= 11 is 4.11. The molecule has 3 heteroatoms. The van der Waals surface area contributed by atoms with Gasteiger partial charge in [0, 0.05) is 27.1 Å². The molecular formula is C10H9IOS. The second-order valence-electron chi connectivity index (χ2n) is 2.99. The molecule has 0 bridgehead atoms. The minimum Gasteiger partial charge on any atom is -0.294 e. The van der Waals surface area contributed by atoms with Crippen LogP contribution in [0.15, 0.2) is 23.1 Å². The van der Waals surface area contributed by atoms with Crippen molar-refractivity contribution in [1.29, 1.82) is 0 Å². The second kappa shape index (κ2) is 4.00. The normalized spacial score (nSPS) is 15.6. The average Bonchev–Trinajstić information content (AvgIpc) is 2.18. The van der Waals surface area contributed by atoms with Gasteiger partial charge in [-0.05, 0) is 17.7 Å². The first kappa shape index (κ1) is 9.52. The van der Waals surface area contributed by atoms with Crippen LogP contribution in [0.3, 0.4) is 0 Å². The van der Waals surface area contributed by atoms with E-state index in [1.807, 2.05) is 6.07 Å². The minimum atomic E-state index is 0.306. The molecule has 0 saturated carbocycles. The Labute approximate surface area is 95.4 Å². The molecule has 0 N–H and O–H groups in total. The van der Waals surface area contributed by atoms with Gasteiger partial charge in [0.25, 0.3) is 0 Å². The molecule has 68 valence electrons. The number of rotatable bonds is 1. The van der Waals surface area contributed by atoms with Gasteiger partial charge in [0.05, 0.1) is 0 Å².